The maximum Gasteiger partial charge on any atom is 0.234 e. The van der Waals surface area contributed by atoms with Gasteiger partial charge in [-0.1, -0.05) is 12.3 Å². The predicted octanol–water partition coefficient (Wildman–Crippen LogP) is 0.986. The van der Waals surface area contributed by atoms with E-state index in [1.807, 2.05) is 11.8 Å². The summed E-state index contributed by atoms with van der Waals surface area (Å²) in [6.07, 6.45) is 8.76. The molecule has 1 amide bonds. The predicted molar refractivity (Wildman–Crippen MR) is 61.0 cm³/mol. The Bertz CT molecular complexity index is 257. The minimum absolute atomic E-state index is 0.0744. The van der Waals surface area contributed by atoms with E-state index in [2.05, 4.69) is 5.92 Å². The zero-order valence-electron chi connectivity index (χ0n) is 9.41. The van der Waals surface area contributed by atoms with Crippen LogP contribution in [0.2, 0.25) is 0 Å². The highest BCUT2D eigenvalue weighted by Crippen LogP contribution is 2.29. The molecule has 15 heavy (non-hydrogen) atoms. The van der Waals surface area contributed by atoms with Gasteiger partial charge in [0.25, 0.3) is 0 Å². The van der Waals surface area contributed by atoms with Crippen LogP contribution in [0.4, 0.5) is 0 Å². The third-order valence-electron chi connectivity index (χ3n) is 3.24. The molecule has 0 aromatic carbocycles. The molecule has 84 valence electrons. The first kappa shape index (κ1) is 12.1. The number of amides is 1. The van der Waals surface area contributed by atoms with Gasteiger partial charge in [-0.2, -0.15) is 0 Å². The van der Waals surface area contributed by atoms with Gasteiger partial charge in [0.2, 0.25) is 5.91 Å². The van der Waals surface area contributed by atoms with E-state index >= 15 is 0 Å². The maximum atomic E-state index is 11.8. The Balaban J connectivity index is 2.65. The van der Waals surface area contributed by atoms with Crippen molar-refractivity contribution in [2.45, 2.75) is 38.6 Å². The first-order valence-electron chi connectivity index (χ1n) is 5.67. The Labute approximate surface area is 92.0 Å². The first-order chi connectivity index (χ1) is 7.24. The Hall–Kier alpha value is -1.01. The number of hydrogen-bond donors (Lipinski definition) is 1. The summed E-state index contributed by atoms with van der Waals surface area (Å²) in [6, 6.07) is 0.320. The van der Waals surface area contributed by atoms with Crippen molar-refractivity contribution in [1.29, 1.82) is 0 Å². The van der Waals surface area contributed by atoms with E-state index in [1.54, 1.807) is 0 Å². The number of nitrogens with two attached hydrogens (primary N) is 1. The van der Waals surface area contributed by atoms with E-state index in [9.17, 15) is 4.79 Å². The lowest BCUT2D eigenvalue weighted by molar-refractivity contribution is -0.132. The summed E-state index contributed by atoms with van der Waals surface area (Å²) in [4.78, 5) is 13.7. The number of rotatable bonds is 4. The highest BCUT2D eigenvalue weighted by atomic mass is 16.2. The third-order valence-corrected chi connectivity index (χ3v) is 3.24. The van der Waals surface area contributed by atoms with Gasteiger partial charge < -0.3 is 10.6 Å². The van der Waals surface area contributed by atoms with E-state index < -0.39 is 0 Å². The maximum absolute atomic E-state index is 11.8. The molecule has 0 aromatic rings. The Morgan fingerprint density at radius 1 is 1.60 bits per heavy atom. The standard InChI is InChI=1S/C12H20N2O/c1-3-6-12(15)14(4-2)11-8-5-7-10(11)9-13/h1,10-11H,4-9,13H2,2H3. The fourth-order valence-electron chi connectivity index (χ4n) is 2.49. The summed E-state index contributed by atoms with van der Waals surface area (Å²) < 4.78 is 0. The van der Waals surface area contributed by atoms with Gasteiger partial charge in [-0.25, -0.2) is 0 Å². The van der Waals surface area contributed by atoms with Gasteiger partial charge in [-0.15, -0.1) is 6.42 Å². The largest absolute Gasteiger partial charge is 0.339 e. The van der Waals surface area contributed by atoms with Crippen LogP contribution in [0.15, 0.2) is 0 Å². The second-order valence-electron chi connectivity index (χ2n) is 4.05. The van der Waals surface area contributed by atoms with Crippen LogP contribution in [0.25, 0.3) is 0 Å². The molecule has 0 aliphatic heterocycles. The van der Waals surface area contributed by atoms with Crippen LogP contribution in [0, 0.1) is 18.3 Å². The van der Waals surface area contributed by atoms with Gasteiger partial charge in [-0.05, 0) is 32.2 Å². The lowest BCUT2D eigenvalue weighted by atomic mass is 10.0. The summed E-state index contributed by atoms with van der Waals surface area (Å²) >= 11 is 0. The Kier molecular flexibility index (Phi) is 4.64. The summed E-state index contributed by atoms with van der Waals surface area (Å²) in [5, 5.41) is 0. The molecule has 0 spiro atoms. The number of terminal acetylenes is 1. The summed E-state index contributed by atoms with van der Waals surface area (Å²) in [5.41, 5.74) is 5.71. The molecule has 1 aliphatic rings. The van der Waals surface area contributed by atoms with Crippen LogP contribution >= 0.6 is 0 Å². The lowest BCUT2D eigenvalue weighted by Gasteiger charge is -2.31. The van der Waals surface area contributed by atoms with Crippen LogP contribution in [0.3, 0.4) is 0 Å². The molecule has 2 N–H and O–H groups in total. The molecule has 3 nitrogen and oxygen atoms in total. The van der Waals surface area contributed by atoms with Gasteiger partial charge in [0.15, 0.2) is 0 Å². The average Bonchev–Trinajstić information content (AvgIpc) is 2.67. The topological polar surface area (TPSA) is 46.3 Å². The van der Waals surface area contributed by atoms with Gasteiger partial charge in [0.1, 0.15) is 0 Å². The van der Waals surface area contributed by atoms with Crippen molar-refractivity contribution < 1.29 is 4.79 Å². The monoisotopic (exact) mass is 208 g/mol. The van der Waals surface area contributed by atoms with Crippen LogP contribution in [-0.4, -0.2) is 29.9 Å². The van der Waals surface area contributed by atoms with E-state index in [0.717, 1.165) is 19.4 Å². The van der Waals surface area contributed by atoms with E-state index in [-0.39, 0.29) is 12.3 Å². The quantitative estimate of drug-likeness (QED) is 0.700. The van der Waals surface area contributed by atoms with Crippen molar-refractivity contribution in [1.82, 2.24) is 4.90 Å². The van der Waals surface area contributed by atoms with Crippen molar-refractivity contribution >= 4 is 5.91 Å². The number of carbonyl (C=O) groups excluding carboxylic acids is 1. The van der Waals surface area contributed by atoms with Crippen molar-refractivity contribution in [2.75, 3.05) is 13.1 Å². The fourth-order valence-corrected chi connectivity index (χ4v) is 2.49. The van der Waals surface area contributed by atoms with Gasteiger partial charge in [0.05, 0.1) is 6.42 Å². The minimum atomic E-state index is 0.0744. The smallest absolute Gasteiger partial charge is 0.234 e. The molecular formula is C12H20N2O. The molecule has 1 aliphatic carbocycles. The molecule has 0 saturated heterocycles. The molecule has 1 saturated carbocycles. The van der Waals surface area contributed by atoms with Crippen molar-refractivity contribution in [2.24, 2.45) is 11.7 Å². The molecule has 2 unspecified atom stereocenters. The zero-order valence-corrected chi connectivity index (χ0v) is 9.41. The molecule has 3 heteroatoms. The van der Waals surface area contributed by atoms with Crippen LogP contribution in [0.1, 0.15) is 32.6 Å². The van der Waals surface area contributed by atoms with Crippen molar-refractivity contribution in [3.05, 3.63) is 0 Å². The number of hydrogen-bond acceptors (Lipinski definition) is 2. The van der Waals surface area contributed by atoms with Crippen LogP contribution in [-0.2, 0) is 4.79 Å². The lowest BCUT2D eigenvalue weighted by Crippen LogP contribution is -2.43. The van der Waals surface area contributed by atoms with Gasteiger partial charge in [0, 0.05) is 12.6 Å². The third kappa shape index (κ3) is 2.73. The molecule has 0 heterocycles. The molecule has 0 aromatic heterocycles. The average molecular weight is 208 g/mol. The summed E-state index contributed by atoms with van der Waals surface area (Å²) in [6.45, 7) is 3.41. The van der Waals surface area contributed by atoms with Crippen molar-refractivity contribution in [3.63, 3.8) is 0 Å². The van der Waals surface area contributed by atoms with Crippen LogP contribution < -0.4 is 5.73 Å². The first-order valence-corrected chi connectivity index (χ1v) is 5.67. The van der Waals surface area contributed by atoms with E-state index in [0.29, 0.717) is 18.5 Å². The van der Waals surface area contributed by atoms with Crippen LogP contribution in [0.5, 0.6) is 0 Å². The molecule has 0 bridgehead atoms. The normalized spacial score (nSPS) is 24.9. The van der Waals surface area contributed by atoms with E-state index in [4.69, 9.17) is 12.2 Å². The second kappa shape index (κ2) is 5.77. The highest BCUT2D eigenvalue weighted by molar-refractivity contribution is 5.78. The zero-order chi connectivity index (χ0) is 11.3. The minimum Gasteiger partial charge on any atom is -0.339 e. The fraction of sp³-hybridized carbons (Fsp3) is 0.750. The van der Waals surface area contributed by atoms with Crippen molar-refractivity contribution in [3.8, 4) is 12.3 Å². The summed E-state index contributed by atoms with van der Waals surface area (Å²) in [5.74, 6) is 2.96. The second-order valence-corrected chi connectivity index (χ2v) is 4.05. The molecule has 1 fully saturated rings. The number of nitrogens with zero attached hydrogens (tertiary/aromatic N) is 1. The Morgan fingerprint density at radius 2 is 2.33 bits per heavy atom. The summed E-state index contributed by atoms with van der Waals surface area (Å²) in [7, 11) is 0. The van der Waals surface area contributed by atoms with Gasteiger partial charge in [-0.3, -0.25) is 4.79 Å². The molecule has 1 rings (SSSR count). The Morgan fingerprint density at radius 3 is 2.87 bits per heavy atom. The SMILES string of the molecule is C#CCC(=O)N(CC)C1CCCC1CN. The van der Waals surface area contributed by atoms with Gasteiger partial charge >= 0.3 is 0 Å². The molecule has 2 atom stereocenters. The van der Waals surface area contributed by atoms with E-state index in [1.165, 1.54) is 6.42 Å². The molecule has 0 radical (unpaired) electrons. The molecular weight excluding hydrogens is 188 g/mol. The highest BCUT2D eigenvalue weighted by Gasteiger charge is 2.32. The number of carbonyl (C=O) groups is 1.